The molecule has 0 saturated heterocycles. The Kier molecular flexibility index (Phi) is 5.57. The Morgan fingerprint density at radius 1 is 0.967 bits per heavy atom. The molecule has 0 unspecified atom stereocenters. The fourth-order valence-corrected chi connectivity index (χ4v) is 4.48. The molecule has 30 heavy (non-hydrogen) atoms. The molecule has 1 atom stereocenters. The summed E-state index contributed by atoms with van der Waals surface area (Å²) in [6.45, 7) is 2.00. The average Bonchev–Trinajstić information content (AvgIpc) is 3.22. The van der Waals surface area contributed by atoms with E-state index < -0.39 is 16.1 Å². The first-order valence-corrected chi connectivity index (χ1v) is 11.0. The van der Waals surface area contributed by atoms with Crippen molar-refractivity contribution >= 4 is 15.8 Å². The second-order valence-electron chi connectivity index (χ2n) is 7.09. The lowest BCUT2D eigenvalue weighted by molar-refractivity contribution is 0.0972. The summed E-state index contributed by atoms with van der Waals surface area (Å²) in [4.78, 5) is 13.0. The highest BCUT2D eigenvalue weighted by Crippen LogP contribution is 2.35. The lowest BCUT2D eigenvalue weighted by Crippen LogP contribution is -2.30. The molecule has 3 aromatic rings. The van der Waals surface area contributed by atoms with E-state index in [2.05, 4.69) is 4.72 Å². The molecule has 4 rings (SSSR count). The Balaban J connectivity index is 1.66. The van der Waals surface area contributed by atoms with Gasteiger partial charge in [0.25, 0.3) is 0 Å². The maximum atomic E-state index is 13.0. The third kappa shape index (κ3) is 4.37. The lowest BCUT2D eigenvalue weighted by Gasteiger charge is -2.19. The van der Waals surface area contributed by atoms with Gasteiger partial charge in [0.15, 0.2) is 17.3 Å². The number of hydrogen-bond donors (Lipinski definition) is 1. The first-order chi connectivity index (χ1) is 14.4. The minimum atomic E-state index is -3.84. The number of rotatable bonds is 7. The van der Waals surface area contributed by atoms with Gasteiger partial charge in [0.05, 0.1) is 10.9 Å². The van der Waals surface area contributed by atoms with Gasteiger partial charge in [-0.3, -0.25) is 4.79 Å². The molecule has 0 saturated carbocycles. The fraction of sp³-hybridized carbons (Fsp3) is 0.174. The molecule has 1 aliphatic rings. The molecule has 0 bridgehead atoms. The van der Waals surface area contributed by atoms with Crippen LogP contribution >= 0.6 is 0 Å². The van der Waals surface area contributed by atoms with Gasteiger partial charge in [-0.1, -0.05) is 54.1 Å². The number of Topliss-reactive ketones (excluding diaryl/α,β-unsaturated/α-hetero) is 1. The molecule has 0 spiro atoms. The van der Waals surface area contributed by atoms with Crippen molar-refractivity contribution in [3.63, 3.8) is 0 Å². The van der Waals surface area contributed by atoms with E-state index in [9.17, 15) is 13.2 Å². The zero-order chi connectivity index (χ0) is 21.1. The van der Waals surface area contributed by atoms with Gasteiger partial charge in [-0.2, -0.15) is 0 Å². The van der Waals surface area contributed by atoms with E-state index in [0.717, 1.165) is 5.56 Å². The zero-order valence-electron chi connectivity index (χ0n) is 16.4. The number of fused-ring (bicyclic) bond motifs is 1. The maximum absolute atomic E-state index is 13.0. The molecular weight excluding hydrogens is 402 g/mol. The van der Waals surface area contributed by atoms with Crippen LogP contribution in [0, 0.1) is 6.92 Å². The minimum absolute atomic E-state index is 0.0330. The Bertz CT molecular complexity index is 1160. The normalized spacial score (nSPS) is 13.8. The molecule has 154 valence electrons. The summed E-state index contributed by atoms with van der Waals surface area (Å²) in [6, 6.07) is 19.8. The summed E-state index contributed by atoms with van der Waals surface area (Å²) in [5.41, 5.74) is 2.11. The SMILES string of the molecule is Cc1ccc(S(=O)(=O)N[C@H](CC(=O)c2ccccc2)c2ccc3c(c2)OCO3)cc1. The number of nitrogens with one attached hydrogen (secondary N) is 1. The molecule has 0 amide bonds. The van der Waals surface area contributed by atoms with Gasteiger partial charge in [-0.05, 0) is 36.8 Å². The third-order valence-corrected chi connectivity index (χ3v) is 6.40. The smallest absolute Gasteiger partial charge is 0.241 e. The largest absolute Gasteiger partial charge is 0.454 e. The number of sulfonamides is 1. The van der Waals surface area contributed by atoms with Crippen LogP contribution in [0.25, 0.3) is 0 Å². The Labute approximate surface area is 175 Å². The first kappa shape index (κ1) is 20.1. The Hall–Kier alpha value is -3.16. The Morgan fingerprint density at radius 3 is 2.40 bits per heavy atom. The van der Waals surface area contributed by atoms with E-state index in [0.29, 0.717) is 22.6 Å². The van der Waals surface area contributed by atoms with Crippen molar-refractivity contribution in [2.45, 2.75) is 24.3 Å². The van der Waals surface area contributed by atoms with Crippen LogP contribution < -0.4 is 14.2 Å². The number of carbonyl (C=O) groups excluding carboxylic acids is 1. The molecule has 3 aromatic carbocycles. The highest BCUT2D eigenvalue weighted by atomic mass is 32.2. The van der Waals surface area contributed by atoms with Crippen LogP contribution in [0.2, 0.25) is 0 Å². The van der Waals surface area contributed by atoms with Crippen molar-refractivity contribution in [2.75, 3.05) is 6.79 Å². The third-order valence-electron chi connectivity index (χ3n) is 4.91. The van der Waals surface area contributed by atoms with E-state index in [1.54, 1.807) is 66.7 Å². The van der Waals surface area contributed by atoms with Gasteiger partial charge in [-0.25, -0.2) is 13.1 Å². The van der Waals surface area contributed by atoms with Gasteiger partial charge in [-0.15, -0.1) is 0 Å². The highest BCUT2D eigenvalue weighted by molar-refractivity contribution is 7.89. The van der Waals surface area contributed by atoms with E-state index in [4.69, 9.17) is 9.47 Å². The second-order valence-corrected chi connectivity index (χ2v) is 8.81. The number of ketones is 1. The molecule has 7 heteroatoms. The molecular formula is C23H21NO5S. The summed E-state index contributed by atoms with van der Waals surface area (Å²) >= 11 is 0. The van der Waals surface area contributed by atoms with Crippen LogP contribution in [0.5, 0.6) is 11.5 Å². The molecule has 1 heterocycles. The van der Waals surface area contributed by atoms with E-state index in [1.807, 2.05) is 13.0 Å². The second kappa shape index (κ2) is 8.30. The highest BCUT2D eigenvalue weighted by Gasteiger charge is 2.26. The van der Waals surface area contributed by atoms with E-state index in [1.165, 1.54) is 0 Å². The van der Waals surface area contributed by atoms with E-state index >= 15 is 0 Å². The quantitative estimate of drug-likeness (QED) is 0.581. The Morgan fingerprint density at radius 2 is 1.67 bits per heavy atom. The van der Waals surface area contributed by atoms with Gasteiger partial charge in [0.1, 0.15) is 0 Å². The number of carbonyl (C=O) groups is 1. The first-order valence-electron chi connectivity index (χ1n) is 9.49. The van der Waals surface area contributed by atoms with Crippen LogP contribution in [0.1, 0.15) is 33.9 Å². The molecule has 0 fully saturated rings. The van der Waals surface area contributed by atoms with Crippen molar-refractivity contribution in [1.29, 1.82) is 0 Å². The molecule has 0 aromatic heterocycles. The lowest BCUT2D eigenvalue weighted by atomic mass is 9.98. The van der Waals surface area contributed by atoms with Crippen LogP contribution in [-0.2, 0) is 10.0 Å². The summed E-state index contributed by atoms with van der Waals surface area (Å²) in [5.74, 6) is 0.956. The number of benzene rings is 3. The predicted octanol–water partition coefficient (Wildman–Crippen LogP) is 4.02. The fourth-order valence-electron chi connectivity index (χ4n) is 3.26. The number of aryl methyl sites for hydroxylation is 1. The number of ether oxygens (including phenoxy) is 2. The van der Waals surface area contributed by atoms with Crippen LogP contribution in [-0.4, -0.2) is 21.0 Å². The molecule has 1 aliphatic heterocycles. The van der Waals surface area contributed by atoms with Gasteiger partial charge in [0.2, 0.25) is 16.8 Å². The van der Waals surface area contributed by atoms with Crippen molar-refractivity contribution in [3.8, 4) is 11.5 Å². The molecule has 0 aliphatic carbocycles. The summed E-state index contributed by atoms with van der Waals surface area (Å²) in [6.07, 6.45) is -0.0330. The molecule has 0 radical (unpaired) electrons. The van der Waals surface area contributed by atoms with Crippen molar-refractivity contribution in [3.05, 3.63) is 89.5 Å². The van der Waals surface area contributed by atoms with Gasteiger partial charge < -0.3 is 9.47 Å². The summed E-state index contributed by atoms with van der Waals surface area (Å²) < 4.78 is 39.5. The standard InChI is InChI=1S/C23H21NO5S/c1-16-7-10-19(11-8-16)30(26,27)24-20(14-21(25)17-5-3-2-4-6-17)18-9-12-22-23(13-18)29-15-28-22/h2-13,20,24H,14-15H2,1H3/t20-/m1/s1. The van der Waals surface area contributed by atoms with Crippen molar-refractivity contribution in [1.82, 2.24) is 4.72 Å². The van der Waals surface area contributed by atoms with Crippen molar-refractivity contribution in [2.24, 2.45) is 0 Å². The van der Waals surface area contributed by atoms with Crippen molar-refractivity contribution < 1.29 is 22.7 Å². The molecule has 6 nitrogen and oxygen atoms in total. The predicted molar refractivity (Wildman–Crippen MR) is 112 cm³/mol. The topological polar surface area (TPSA) is 81.7 Å². The molecule has 1 N–H and O–H groups in total. The number of hydrogen-bond acceptors (Lipinski definition) is 5. The van der Waals surface area contributed by atoms with Gasteiger partial charge >= 0.3 is 0 Å². The average molecular weight is 423 g/mol. The summed E-state index contributed by atoms with van der Waals surface area (Å²) in [7, 11) is -3.84. The minimum Gasteiger partial charge on any atom is -0.454 e. The van der Waals surface area contributed by atoms with Crippen LogP contribution in [0.3, 0.4) is 0 Å². The monoisotopic (exact) mass is 423 g/mol. The van der Waals surface area contributed by atoms with Crippen LogP contribution in [0.4, 0.5) is 0 Å². The van der Waals surface area contributed by atoms with Gasteiger partial charge in [0, 0.05) is 12.0 Å². The summed E-state index contributed by atoms with van der Waals surface area (Å²) in [5, 5.41) is 0. The van der Waals surface area contributed by atoms with E-state index in [-0.39, 0.29) is 23.9 Å². The maximum Gasteiger partial charge on any atom is 0.241 e. The zero-order valence-corrected chi connectivity index (χ0v) is 17.2. The van der Waals surface area contributed by atoms with Crippen LogP contribution in [0.15, 0.2) is 77.7 Å².